The second kappa shape index (κ2) is 4.91. The Morgan fingerprint density at radius 1 is 1.42 bits per heavy atom. The Bertz CT molecular complexity index is 600. The Hall–Kier alpha value is -2.04. The molecule has 0 aliphatic heterocycles. The van der Waals surface area contributed by atoms with Gasteiger partial charge in [0.05, 0.1) is 12.6 Å². The molecule has 100 valence electrons. The van der Waals surface area contributed by atoms with E-state index in [0.717, 1.165) is 29.5 Å². The number of hydrogen-bond donors (Lipinski definition) is 2. The summed E-state index contributed by atoms with van der Waals surface area (Å²) in [6.07, 6.45) is 4.54. The normalized spacial score (nSPS) is 15.8. The zero-order valence-electron chi connectivity index (χ0n) is 10.9. The van der Waals surface area contributed by atoms with Crippen molar-refractivity contribution in [2.75, 3.05) is 7.11 Å². The van der Waals surface area contributed by atoms with E-state index in [2.05, 4.69) is 15.5 Å². The van der Waals surface area contributed by atoms with Gasteiger partial charge < -0.3 is 10.1 Å². The first-order chi connectivity index (χ1) is 9.28. The predicted octanol–water partition coefficient (Wildman–Crippen LogP) is 2.24. The lowest BCUT2D eigenvalue weighted by Crippen LogP contribution is -2.32. The largest absolute Gasteiger partial charge is 0.497 e. The van der Waals surface area contributed by atoms with E-state index in [9.17, 15) is 4.79 Å². The maximum atomic E-state index is 12.2. The van der Waals surface area contributed by atoms with E-state index in [4.69, 9.17) is 4.74 Å². The third-order valence-electron chi connectivity index (χ3n) is 3.68. The van der Waals surface area contributed by atoms with Gasteiger partial charge in [-0.25, -0.2) is 0 Å². The lowest BCUT2D eigenvalue weighted by atomic mass is 10.2. The molecule has 0 saturated heterocycles. The molecule has 19 heavy (non-hydrogen) atoms. The van der Waals surface area contributed by atoms with Crippen LogP contribution in [0.2, 0.25) is 0 Å². The van der Waals surface area contributed by atoms with Crippen molar-refractivity contribution in [3.63, 3.8) is 0 Å². The van der Waals surface area contributed by atoms with E-state index in [1.165, 1.54) is 12.8 Å². The quantitative estimate of drug-likeness (QED) is 0.888. The molecule has 1 heterocycles. The second-order valence-corrected chi connectivity index (χ2v) is 4.94. The van der Waals surface area contributed by atoms with Gasteiger partial charge in [-0.05, 0) is 25.0 Å². The van der Waals surface area contributed by atoms with Crippen molar-refractivity contribution in [1.29, 1.82) is 0 Å². The molecule has 0 bridgehead atoms. The molecular formula is C14H17N3O2. The zero-order chi connectivity index (χ0) is 13.2. The molecule has 1 aromatic carbocycles. The number of benzene rings is 1. The first-order valence-corrected chi connectivity index (χ1v) is 6.61. The minimum Gasteiger partial charge on any atom is -0.497 e. The van der Waals surface area contributed by atoms with Gasteiger partial charge in [-0.3, -0.25) is 9.89 Å². The number of nitrogens with one attached hydrogen (secondary N) is 2. The van der Waals surface area contributed by atoms with Crippen LogP contribution in [0.4, 0.5) is 0 Å². The maximum Gasteiger partial charge on any atom is 0.272 e. The summed E-state index contributed by atoms with van der Waals surface area (Å²) in [5, 5.41) is 10.9. The number of H-pyrrole nitrogens is 1. The van der Waals surface area contributed by atoms with Crippen molar-refractivity contribution < 1.29 is 9.53 Å². The van der Waals surface area contributed by atoms with Gasteiger partial charge in [-0.2, -0.15) is 5.10 Å². The summed E-state index contributed by atoms with van der Waals surface area (Å²) >= 11 is 0. The molecular weight excluding hydrogens is 242 g/mol. The molecule has 1 fully saturated rings. The molecule has 1 aromatic heterocycles. The van der Waals surface area contributed by atoms with Gasteiger partial charge in [-0.1, -0.05) is 12.8 Å². The monoisotopic (exact) mass is 259 g/mol. The lowest BCUT2D eigenvalue weighted by Gasteiger charge is -2.10. The minimum atomic E-state index is -0.0942. The number of methoxy groups -OCH3 is 1. The van der Waals surface area contributed by atoms with Crippen LogP contribution in [-0.2, 0) is 0 Å². The number of fused-ring (bicyclic) bond motifs is 1. The first-order valence-electron chi connectivity index (χ1n) is 6.61. The van der Waals surface area contributed by atoms with Crippen molar-refractivity contribution in [2.24, 2.45) is 0 Å². The number of nitrogens with zero attached hydrogens (tertiary/aromatic N) is 1. The number of hydrogen-bond acceptors (Lipinski definition) is 3. The first kappa shape index (κ1) is 12.0. The second-order valence-electron chi connectivity index (χ2n) is 4.94. The lowest BCUT2D eigenvalue weighted by molar-refractivity contribution is 0.0934. The molecule has 2 N–H and O–H groups in total. The van der Waals surface area contributed by atoms with E-state index in [-0.39, 0.29) is 5.91 Å². The average Bonchev–Trinajstić information content (AvgIpc) is 3.06. The van der Waals surface area contributed by atoms with Crippen LogP contribution < -0.4 is 10.1 Å². The van der Waals surface area contributed by atoms with Gasteiger partial charge in [0, 0.05) is 17.5 Å². The highest BCUT2D eigenvalue weighted by atomic mass is 16.5. The Labute approximate surface area is 111 Å². The van der Waals surface area contributed by atoms with Crippen LogP contribution in [0.25, 0.3) is 10.9 Å². The van der Waals surface area contributed by atoms with Gasteiger partial charge in [0.25, 0.3) is 5.91 Å². The van der Waals surface area contributed by atoms with E-state index in [0.29, 0.717) is 11.7 Å². The van der Waals surface area contributed by atoms with Crippen LogP contribution in [0.5, 0.6) is 5.75 Å². The fraction of sp³-hybridized carbons (Fsp3) is 0.429. The van der Waals surface area contributed by atoms with Crippen molar-refractivity contribution >= 4 is 16.8 Å². The molecule has 0 radical (unpaired) electrons. The van der Waals surface area contributed by atoms with E-state index in [1.54, 1.807) is 7.11 Å². The standard InChI is InChI=1S/C14H17N3O2/c1-19-10-6-7-11-12(8-10)16-17-13(11)14(18)15-9-4-2-3-5-9/h6-9H,2-5H2,1H3,(H,15,18)(H,16,17). The number of ether oxygens (including phenoxy) is 1. The van der Waals surface area contributed by atoms with Crippen molar-refractivity contribution in [3.05, 3.63) is 23.9 Å². The topological polar surface area (TPSA) is 67.0 Å². The summed E-state index contributed by atoms with van der Waals surface area (Å²) in [6, 6.07) is 5.85. The third kappa shape index (κ3) is 2.28. The van der Waals surface area contributed by atoms with Crippen LogP contribution in [-0.4, -0.2) is 29.3 Å². The molecule has 0 unspecified atom stereocenters. The molecule has 1 aliphatic rings. The summed E-state index contributed by atoms with van der Waals surface area (Å²) in [5.41, 5.74) is 1.28. The van der Waals surface area contributed by atoms with Gasteiger partial charge in [0.1, 0.15) is 5.75 Å². The van der Waals surface area contributed by atoms with E-state index >= 15 is 0 Å². The molecule has 2 aromatic rings. The fourth-order valence-electron chi connectivity index (χ4n) is 2.62. The molecule has 1 aliphatic carbocycles. The predicted molar refractivity (Wildman–Crippen MR) is 72.4 cm³/mol. The summed E-state index contributed by atoms with van der Waals surface area (Å²) in [5.74, 6) is 0.655. The number of aromatic nitrogens is 2. The molecule has 1 saturated carbocycles. The van der Waals surface area contributed by atoms with Crippen LogP contribution in [0.3, 0.4) is 0 Å². The summed E-state index contributed by atoms with van der Waals surface area (Å²) in [6.45, 7) is 0. The highest BCUT2D eigenvalue weighted by Gasteiger charge is 2.20. The number of aromatic amines is 1. The zero-order valence-corrected chi connectivity index (χ0v) is 10.9. The summed E-state index contributed by atoms with van der Waals surface area (Å²) < 4.78 is 5.15. The molecule has 5 nitrogen and oxygen atoms in total. The number of carbonyl (C=O) groups is 1. The van der Waals surface area contributed by atoms with E-state index in [1.807, 2.05) is 18.2 Å². The van der Waals surface area contributed by atoms with Gasteiger partial charge in [-0.15, -0.1) is 0 Å². The number of amides is 1. The highest BCUT2D eigenvalue weighted by molar-refractivity contribution is 6.05. The summed E-state index contributed by atoms with van der Waals surface area (Å²) in [7, 11) is 1.62. The van der Waals surface area contributed by atoms with Gasteiger partial charge in [0.15, 0.2) is 5.69 Å². The van der Waals surface area contributed by atoms with Crippen molar-refractivity contribution in [3.8, 4) is 5.75 Å². The van der Waals surface area contributed by atoms with Gasteiger partial charge in [0.2, 0.25) is 0 Å². The SMILES string of the molecule is COc1ccc2c(C(=O)NC3CCCC3)n[nH]c2c1. The molecule has 1 amide bonds. The number of carbonyl (C=O) groups excluding carboxylic acids is 1. The van der Waals surface area contributed by atoms with Crippen molar-refractivity contribution in [2.45, 2.75) is 31.7 Å². The van der Waals surface area contributed by atoms with Crippen LogP contribution in [0.15, 0.2) is 18.2 Å². The molecule has 3 rings (SSSR count). The Morgan fingerprint density at radius 2 is 2.21 bits per heavy atom. The van der Waals surface area contributed by atoms with Gasteiger partial charge >= 0.3 is 0 Å². The minimum absolute atomic E-state index is 0.0942. The Balaban J connectivity index is 1.85. The molecule has 0 atom stereocenters. The summed E-state index contributed by atoms with van der Waals surface area (Å²) in [4.78, 5) is 12.2. The highest BCUT2D eigenvalue weighted by Crippen LogP contribution is 2.22. The van der Waals surface area contributed by atoms with Crippen LogP contribution in [0.1, 0.15) is 36.2 Å². The number of rotatable bonds is 3. The van der Waals surface area contributed by atoms with E-state index < -0.39 is 0 Å². The van der Waals surface area contributed by atoms with Crippen LogP contribution >= 0.6 is 0 Å². The maximum absolute atomic E-state index is 12.2. The smallest absolute Gasteiger partial charge is 0.272 e. The Kier molecular flexibility index (Phi) is 3.11. The molecule has 0 spiro atoms. The third-order valence-corrected chi connectivity index (χ3v) is 3.68. The molecule has 5 heteroatoms. The van der Waals surface area contributed by atoms with Crippen LogP contribution in [0, 0.1) is 0 Å². The average molecular weight is 259 g/mol. The Morgan fingerprint density at radius 3 is 2.95 bits per heavy atom. The fourth-order valence-corrected chi connectivity index (χ4v) is 2.62. The van der Waals surface area contributed by atoms with Crippen molar-refractivity contribution in [1.82, 2.24) is 15.5 Å².